The van der Waals surface area contributed by atoms with E-state index in [1.807, 2.05) is 36.4 Å². The Hall–Kier alpha value is -1.35. The third kappa shape index (κ3) is 2.09. The van der Waals surface area contributed by atoms with Crippen LogP contribution in [0.5, 0.6) is 5.75 Å². The van der Waals surface area contributed by atoms with Crippen LogP contribution < -0.4 is 4.74 Å². The fourth-order valence-electron chi connectivity index (χ4n) is 1.69. The zero-order valence-electron chi connectivity index (χ0n) is 8.87. The van der Waals surface area contributed by atoms with Gasteiger partial charge < -0.3 is 4.74 Å². The summed E-state index contributed by atoms with van der Waals surface area (Å²) in [5, 5.41) is 2.86. The second-order valence-corrected chi connectivity index (χ2v) is 4.06. The summed E-state index contributed by atoms with van der Waals surface area (Å²) in [6, 6.07) is 11.7. The number of carbonyl (C=O) groups excluding carboxylic acids is 1. The molecule has 16 heavy (non-hydrogen) atoms. The third-order valence-electron chi connectivity index (χ3n) is 2.37. The Morgan fingerprint density at radius 1 is 1.19 bits per heavy atom. The van der Waals surface area contributed by atoms with Crippen molar-refractivity contribution >= 4 is 32.7 Å². The summed E-state index contributed by atoms with van der Waals surface area (Å²) in [5.41, 5.74) is 1.19. The van der Waals surface area contributed by atoms with Crippen LogP contribution in [0.15, 0.2) is 36.4 Å². The van der Waals surface area contributed by atoms with Crippen molar-refractivity contribution in [1.82, 2.24) is 0 Å². The lowest BCUT2D eigenvalue weighted by Crippen LogP contribution is -2.02. The molecule has 0 fully saturated rings. The van der Waals surface area contributed by atoms with E-state index in [9.17, 15) is 4.79 Å². The molecule has 0 heterocycles. The van der Waals surface area contributed by atoms with Gasteiger partial charge in [-0.3, -0.25) is 4.79 Å². The van der Waals surface area contributed by atoms with Gasteiger partial charge in [-0.05, 0) is 17.0 Å². The monoisotopic (exact) mass is 278 g/mol. The number of benzene rings is 2. The second kappa shape index (κ2) is 4.66. The number of ether oxygens (including phenoxy) is 1. The van der Waals surface area contributed by atoms with Crippen LogP contribution in [0.1, 0.15) is 12.5 Å². The van der Waals surface area contributed by atoms with Crippen molar-refractivity contribution in [3.05, 3.63) is 42.0 Å². The van der Waals surface area contributed by atoms with Crippen LogP contribution in [0.4, 0.5) is 0 Å². The molecule has 3 heteroatoms. The summed E-state index contributed by atoms with van der Waals surface area (Å²) in [7, 11) is 0. The molecule has 0 aliphatic heterocycles. The van der Waals surface area contributed by atoms with Crippen molar-refractivity contribution in [2.24, 2.45) is 0 Å². The molecule has 0 saturated heterocycles. The largest absolute Gasteiger partial charge is 0.426 e. The first-order valence-electron chi connectivity index (χ1n) is 4.97. The van der Waals surface area contributed by atoms with Crippen molar-refractivity contribution in [3.63, 3.8) is 0 Å². The van der Waals surface area contributed by atoms with Crippen LogP contribution in [-0.4, -0.2) is 5.97 Å². The molecule has 0 saturated carbocycles. The molecule has 0 bridgehead atoms. The summed E-state index contributed by atoms with van der Waals surface area (Å²) in [5.74, 6) is 0.324. The van der Waals surface area contributed by atoms with Crippen LogP contribution in [0.25, 0.3) is 10.8 Å². The highest BCUT2D eigenvalue weighted by atomic mass is 79.9. The van der Waals surface area contributed by atoms with Crippen molar-refractivity contribution in [2.75, 3.05) is 0 Å². The number of carbonyl (C=O) groups is 1. The van der Waals surface area contributed by atoms with Crippen LogP contribution in [0.3, 0.4) is 0 Å². The first-order valence-corrected chi connectivity index (χ1v) is 6.09. The molecule has 0 N–H and O–H groups in total. The van der Waals surface area contributed by atoms with Gasteiger partial charge in [0.15, 0.2) is 0 Å². The molecule has 82 valence electrons. The maximum absolute atomic E-state index is 11.0. The van der Waals surface area contributed by atoms with Crippen molar-refractivity contribution in [3.8, 4) is 5.75 Å². The third-order valence-corrected chi connectivity index (χ3v) is 2.98. The summed E-state index contributed by atoms with van der Waals surface area (Å²) < 4.78 is 5.17. The first-order chi connectivity index (χ1) is 7.72. The molecule has 0 spiro atoms. The molecule has 0 aliphatic rings. The SMILES string of the molecule is CC(=O)Oc1ccc(CBr)c2ccccc12. The molecule has 0 aromatic heterocycles. The Balaban J connectivity index is 2.64. The zero-order valence-corrected chi connectivity index (χ0v) is 10.5. The minimum Gasteiger partial charge on any atom is -0.426 e. The number of hydrogen-bond donors (Lipinski definition) is 0. The summed E-state index contributed by atoms with van der Waals surface area (Å²) in [6.07, 6.45) is 0. The van der Waals surface area contributed by atoms with E-state index in [0.29, 0.717) is 5.75 Å². The molecule has 0 amide bonds. The average molecular weight is 279 g/mol. The number of alkyl halides is 1. The Morgan fingerprint density at radius 3 is 2.50 bits per heavy atom. The standard InChI is InChI=1S/C13H11BrO2/c1-9(15)16-13-7-6-10(8-14)11-4-2-3-5-12(11)13/h2-7H,8H2,1H3. The molecule has 2 aromatic carbocycles. The van der Waals surface area contributed by atoms with Crippen molar-refractivity contribution in [2.45, 2.75) is 12.3 Å². The fourth-order valence-corrected chi connectivity index (χ4v) is 2.18. The Kier molecular flexibility index (Phi) is 3.25. The minimum atomic E-state index is -0.295. The number of rotatable bonds is 2. The molecular weight excluding hydrogens is 268 g/mol. The lowest BCUT2D eigenvalue weighted by molar-refractivity contribution is -0.131. The normalized spacial score (nSPS) is 10.4. The highest BCUT2D eigenvalue weighted by Gasteiger charge is 2.07. The number of fused-ring (bicyclic) bond motifs is 1. The predicted octanol–water partition coefficient (Wildman–Crippen LogP) is 3.66. The fraction of sp³-hybridized carbons (Fsp3) is 0.154. The van der Waals surface area contributed by atoms with Crippen LogP contribution in [-0.2, 0) is 10.1 Å². The summed E-state index contributed by atoms with van der Waals surface area (Å²) in [4.78, 5) is 11.0. The lowest BCUT2D eigenvalue weighted by Gasteiger charge is -2.08. The van der Waals surface area contributed by atoms with Gasteiger partial charge in [-0.15, -0.1) is 0 Å². The highest BCUT2D eigenvalue weighted by Crippen LogP contribution is 2.29. The number of halogens is 1. The van der Waals surface area contributed by atoms with Crippen LogP contribution in [0.2, 0.25) is 0 Å². The van der Waals surface area contributed by atoms with E-state index in [2.05, 4.69) is 15.9 Å². The van der Waals surface area contributed by atoms with Gasteiger partial charge in [0.1, 0.15) is 5.75 Å². The molecular formula is C13H11BrO2. The van der Waals surface area contributed by atoms with Gasteiger partial charge in [0.25, 0.3) is 0 Å². The predicted molar refractivity (Wildman–Crippen MR) is 67.9 cm³/mol. The molecule has 2 aromatic rings. The quantitative estimate of drug-likeness (QED) is 0.476. The van der Waals surface area contributed by atoms with E-state index in [1.165, 1.54) is 12.5 Å². The Morgan fingerprint density at radius 2 is 1.88 bits per heavy atom. The Labute approximate surface area is 102 Å². The van der Waals surface area contributed by atoms with Crippen LogP contribution in [0, 0.1) is 0 Å². The molecule has 0 radical (unpaired) electrons. The molecule has 2 nitrogen and oxygen atoms in total. The van der Waals surface area contributed by atoms with Crippen LogP contribution >= 0.6 is 15.9 Å². The van der Waals surface area contributed by atoms with E-state index in [1.54, 1.807) is 0 Å². The Bertz CT molecular complexity index is 534. The van der Waals surface area contributed by atoms with E-state index in [-0.39, 0.29) is 5.97 Å². The first kappa shape index (κ1) is 11.1. The topological polar surface area (TPSA) is 26.3 Å². The van der Waals surface area contributed by atoms with E-state index < -0.39 is 0 Å². The lowest BCUT2D eigenvalue weighted by atomic mass is 10.0. The smallest absolute Gasteiger partial charge is 0.308 e. The molecule has 2 rings (SSSR count). The van der Waals surface area contributed by atoms with E-state index in [0.717, 1.165) is 16.1 Å². The van der Waals surface area contributed by atoms with Gasteiger partial charge in [-0.25, -0.2) is 0 Å². The van der Waals surface area contributed by atoms with E-state index in [4.69, 9.17) is 4.74 Å². The second-order valence-electron chi connectivity index (χ2n) is 3.50. The molecule has 0 atom stereocenters. The van der Waals surface area contributed by atoms with Crippen molar-refractivity contribution in [1.29, 1.82) is 0 Å². The zero-order chi connectivity index (χ0) is 11.5. The van der Waals surface area contributed by atoms with Gasteiger partial charge >= 0.3 is 5.97 Å². The van der Waals surface area contributed by atoms with Gasteiger partial charge in [0.2, 0.25) is 0 Å². The van der Waals surface area contributed by atoms with Crippen molar-refractivity contribution < 1.29 is 9.53 Å². The number of hydrogen-bond acceptors (Lipinski definition) is 2. The van der Waals surface area contributed by atoms with Gasteiger partial charge in [-0.1, -0.05) is 46.3 Å². The van der Waals surface area contributed by atoms with Gasteiger partial charge in [-0.2, -0.15) is 0 Å². The molecule has 0 unspecified atom stereocenters. The average Bonchev–Trinajstić information content (AvgIpc) is 2.29. The summed E-state index contributed by atoms with van der Waals surface area (Å²) >= 11 is 3.45. The number of esters is 1. The maximum atomic E-state index is 11.0. The van der Waals surface area contributed by atoms with E-state index >= 15 is 0 Å². The van der Waals surface area contributed by atoms with Gasteiger partial charge in [0, 0.05) is 17.6 Å². The minimum absolute atomic E-state index is 0.295. The maximum Gasteiger partial charge on any atom is 0.308 e. The summed E-state index contributed by atoms with van der Waals surface area (Å²) in [6.45, 7) is 1.41. The van der Waals surface area contributed by atoms with Gasteiger partial charge in [0.05, 0.1) is 0 Å². The molecule has 0 aliphatic carbocycles. The highest BCUT2D eigenvalue weighted by molar-refractivity contribution is 9.08.